The lowest BCUT2D eigenvalue weighted by Crippen LogP contribution is -2.26. The zero-order valence-corrected chi connectivity index (χ0v) is 60.3. The molecule has 0 aliphatic heterocycles. The van der Waals surface area contributed by atoms with Gasteiger partial charge >= 0.3 is 0 Å². The van der Waals surface area contributed by atoms with E-state index in [2.05, 4.69) is 273 Å². The SMILES string of the molecule is Cc1ccc2sc3c(-c4ccc(-c5nc6ccccc6o5)cc4)cc(C)cc3c2c1.Cc1cccc2c1sc1c(-c3ccc(-c4nc5ccccc5o4)cc3)cccc12.c1ccc2c(c1)-c1ccccc1C21c2cc(-c3nc4ccccc4o3)ccc2-c2ccc(-c3cccc4c3sc3ccccc34)cc21. The fraction of sp³-hybridized carbons (Fsp3) is 0.0412. The first kappa shape index (κ1) is 62.0. The van der Waals surface area contributed by atoms with Crippen LogP contribution >= 0.6 is 34.0 Å². The van der Waals surface area contributed by atoms with Crippen molar-refractivity contribution in [1.29, 1.82) is 0 Å². The maximum atomic E-state index is 6.31. The third-order valence-electron chi connectivity index (χ3n) is 21.4. The number of para-hydroxylation sites is 6. The molecule has 2 aliphatic carbocycles. The summed E-state index contributed by atoms with van der Waals surface area (Å²) in [6.07, 6.45) is 0. The van der Waals surface area contributed by atoms with Gasteiger partial charge in [0.05, 0.1) is 5.41 Å². The fourth-order valence-corrected chi connectivity index (χ4v) is 20.3. The second-order valence-electron chi connectivity index (χ2n) is 27.8. The van der Waals surface area contributed by atoms with Crippen LogP contribution < -0.4 is 0 Å². The Morgan fingerprint density at radius 2 is 0.651 bits per heavy atom. The van der Waals surface area contributed by atoms with E-state index in [0.29, 0.717) is 17.7 Å². The molecule has 2 aliphatic rings. The molecule has 106 heavy (non-hydrogen) atoms. The second kappa shape index (κ2) is 24.5. The molecule has 6 nitrogen and oxygen atoms in total. The Balaban J connectivity index is 0.000000107. The van der Waals surface area contributed by atoms with Gasteiger partial charge in [-0.3, -0.25) is 0 Å². The molecule has 0 N–H and O–H groups in total. The second-order valence-corrected chi connectivity index (χ2v) is 30.9. The first-order valence-electron chi connectivity index (χ1n) is 35.7. The fourth-order valence-electron chi connectivity index (χ4n) is 16.5. The average molecular weight is 1410 g/mol. The smallest absolute Gasteiger partial charge is 0.227 e. The Morgan fingerprint density at radius 3 is 1.25 bits per heavy atom. The maximum absolute atomic E-state index is 6.31. The number of hydrogen-bond acceptors (Lipinski definition) is 9. The molecule has 0 atom stereocenters. The van der Waals surface area contributed by atoms with Gasteiger partial charge in [-0.25, -0.2) is 15.0 Å². The highest BCUT2D eigenvalue weighted by Crippen LogP contribution is 2.64. The Morgan fingerprint density at radius 1 is 0.245 bits per heavy atom. The quantitative estimate of drug-likeness (QED) is 0.165. The van der Waals surface area contributed by atoms with E-state index < -0.39 is 5.41 Å². The van der Waals surface area contributed by atoms with E-state index in [-0.39, 0.29) is 0 Å². The summed E-state index contributed by atoms with van der Waals surface area (Å²) in [4.78, 5) is 14.1. The van der Waals surface area contributed by atoms with Crippen molar-refractivity contribution in [1.82, 2.24) is 15.0 Å². The van der Waals surface area contributed by atoms with Crippen LogP contribution in [0.25, 0.3) is 184 Å². The molecule has 6 heterocycles. The van der Waals surface area contributed by atoms with E-state index in [9.17, 15) is 0 Å². The van der Waals surface area contributed by atoms with Gasteiger partial charge in [-0.1, -0.05) is 212 Å². The lowest BCUT2D eigenvalue weighted by Gasteiger charge is -2.31. The normalized spacial score (nSPS) is 12.6. The Hall–Kier alpha value is -12.6. The maximum Gasteiger partial charge on any atom is 0.227 e. The first-order chi connectivity index (χ1) is 52.2. The van der Waals surface area contributed by atoms with Crippen molar-refractivity contribution in [3.63, 3.8) is 0 Å². The topological polar surface area (TPSA) is 78.1 Å². The van der Waals surface area contributed by atoms with Gasteiger partial charge in [0.25, 0.3) is 0 Å². The van der Waals surface area contributed by atoms with Crippen molar-refractivity contribution >= 4 is 128 Å². The van der Waals surface area contributed by atoms with Crippen LogP contribution in [0.3, 0.4) is 0 Å². The van der Waals surface area contributed by atoms with Crippen molar-refractivity contribution in [2.45, 2.75) is 26.2 Å². The summed E-state index contributed by atoms with van der Waals surface area (Å²) in [6, 6.07) is 113. The van der Waals surface area contributed by atoms with E-state index in [0.717, 1.165) is 50.0 Å². The summed E-state index contributed by atoms with van der Waals surface area (Å²) in [5, 5.41) is 8.01. The number of fused-ring (bicyclic) bond motifs is 22. The minimum absolute atomic E-state index is 0.468. The third kappa shape index (κ3) is 9.91. The number of oxazole rings is 3. The largest absolute Gasteiger partial charge is 0.436 e. The van der Waals surface area contributed by atoms with E-state index in [1.54, 1.807) is 0 Å². The standard InChI is InChI=1S/C44H25NOS.C27H19NOS.C26H17NOS/c1-4-15-35-29(10-1)30-11-2-5-16-36(30)44(35)37-24-26(28-13-9-14-34-33-12-3-8-19-41(33)47-42(28)34)20-22-31(37)32-23-21-27(25-38(32)44)43-45-39-17-6-7-18-40(39)46-43;1-16-7-12-25-21(13-16)22-15-17(2)14-20(26(22)30-25)18-8-10-19(11-9-18)27-28-23-5-3-4-6-24(23)29-27;1-16-6-4-8-20-21-9-5-7-19(25(21)29-24(16)20)17-12-14-18(15-13-17)26-27-22-10-2-3-11-23(22)28-26/h1-25H;3-15H,1-2H3;2-15H,1H3. The highest BCUT2D eigenvalue weighted by Gasteiger charge is 2.52. The van der Waals surface area contributed by atoms with Crippen LogP contribution in [0.5, 0.6) is 0 Å². The van der Waals surface area contributed by atoms with E-state index in [1.165, 1.54) is 155 Å². The summed E-state index contributed by atoms with van der Waals surface area (Å²) < 4.78 is 26.2. The predicted molar refractivity (Wildman–Crippen MR) is 444 cm³/mol. The molecule has 0 saturated carbocycles. The Kier molecular flexibility index (Phi) is 14.3. The Labute approximate surface area is 622 Å². The van der Waals surface area contributed by atoms with Gasteiger partial charge in [0.1, 0.15) is 16.6 Å². The van der Waals surface area contributed by atoms with Gasteiger partial charge < -0.3 is 13.3 Å². The molecule has 23 rings (SSSR count). The molecule has 1 spiro atoms. The van der Waals surface area contributed by atoms with Gasteiger partial charge in [0.2, 0.25) is 17.7 Å². The molecule has 9 heteroatoms. The molecule has 0 radical (unpaired) electrons. The minimum atomic E-state index is -0.468. The van der Waals surface area contributed by atoms with Gasteiger partial charge in [0, 0.05) is 77.2 Å². The molecule has 0 amide bonds. The van der Waals surface area contributed by atoms with E-state index in [4.69, 9.17) is 18.2 Å². The van der Waals surface area contributed by atoms with Gasteiger partial charge in [-0.2, -0.15) is 0 Å². The minimum Gasteiger partial charge on any atom is -0.436 e. The van der Waals surface area contributed by atoms with Crippen LogP contribution in [0.4, 0.5) is 0 Å². The van der Waals surface area contributed by atoms with Crippen molar-refractivity contribution in [2.75, 3.05) is 0 Å². The number of nitrogens with zero attached hydrogens (tertiary/aromatic N) is 3. The zero-order valence-electron chi connectivity index (χ0n) is 57.8. The highest BCUT2D eigenvalue weighted by molar-refractivity contribution is 7.27. The summed E-state index contributed by atoms with van der Waals surface area (Å²) in [6.45, 7) is 6.52. The highest BCUT2D eigenvalue weighted by atomic mass is 32.1. The number of benzene rings is 15. The molecule has 0 bridgehead atoms. The predicted octanol–water partition coefficient (Wildman–Crippen LogP) is 27.9. The molecule has 15 aromatic carbocycles. The number of hydrogen-bond donors (Lipinski definition) is 0. The average Bonchev–Trinajstić information content (AvgIpc) is 1.50. The third-order valence-corrected chi connectivity index (χ3v) is 25.2. The van der Waals surface area contributed by atoms with E-state index >= 15 is 0 Å². The van der Waals surface area contributed by atoms with Crippen molar-refractivity contribution in [3.05, 3.63) is 354 Å². The molecule has 21 aromatic rings. The molecule has 6 aromatic heterocycles. The molecular weight excluding hydrogens is 1350 g/mol. The van der Waals surface area contributed by atoms with E-state index in [1.807, 2.05) is 107 Å². The summed E-state index contributed by atoms with van der Waals surface area (Å²) in [5.41, 5.74) is 29.4. The van der Waals surface area contributed by atoms with Crippen molar-refractivity contribution in [3.8, 4) is 90.0 Å². The van der Waals surface area contributed by atoms with Crippen LogP contribution in [-0.4, -0.2) is 15.0 Å². The van der Waals surface area contributed by atoms with Crippen LogP contribution in [0.2, 0.25) is 0 Å². The summed E-state index contributed by atoms with van der Waals surface area (Å²) in [7, 11) is 0. The zero-order chi connectivity index (χ0) is 70.3. The lowest BCUT2D eigenvalue weighted by atomic mass is 9.70. The van der Waals surface area contributed by atoms with Gasteiger partial charge in [-0.05, 0) is 219 Å². The van der Waals surface area contributed by atoms with Crippen LogP contribution in [0.15, 0.2) is 329 Å². The number of thiophene rings is 3. The van der Waals surface area contributed by atoms with Crippen molar-refractivity contribution in [2.24, 2.45) is 0 Å². The van der Waals surface area contributed by atoms with Crippen molar-refractivity contribution < 1.29 is 13.3 Å². The van der Waals surface area contributed by atoms with Crippen LogP contribution in [0, 0.1) is 20.8 Å². The molecule has 0 unspecified atom stereocenters. The number of aryl methyl sites for hydroxylation is 3. The summed E-state index contributed by atoms with van der Waals surface area (Å²) in [5.74, 6) is 1.97. The number of rotatable bonds is 6. The molecule has 500 valence electrons. The van der Waals surface area contributed by atoms with Crippen LogP contribution in [-0.2, 0) is 5.41 Å². The Bertz CT molecular complexity index is 7000. The lowest BCUT2D eigenvalue weighted by molar-refractivity contribution is 0.619. The summed E-state index contributed by atoms with van der Waals surface area (Å²) >= 11 is 5.64. The van der Waals surface area contributed by atoms with Crippen LogP contribution in [0.1, 0.15) is 38.9 Å². The molecular formula is C97H61N3O3S3. The molecule has 0 saturated heterocycles. The monoisotopic (exact) mass is 1410 g/mol. The van der Waals surface area contributed by atoms with Gasteiger partial charge in [0.15, 0.2) is 16.7 Å². The first-order valence-corrected chi connectivity index (χ1v) is 38.2. The number of aromatic nitrogens is 3. The van der Waals surface area contributed by atoms with Gasteiger partial charge in [-0.15, -0.1) is 34.0 Å². The molecule has 0 fully saturated rings.